The molecule has 0 radical (unpaired) electrons. The Morgan fingerprint density at radius 2 is 1.86 bits per heavy atom. The van der Waals surface area contributed by atoms with Crippen LogP contribution in [0.15, 0.2) is 30.5 Å². The molecular formula is C18H27N3O. The topological polar surface area (TPSA) is 39.1 Å². The van der Waals surface area contributed by atoms with Gasteiger partial charge in [-0.25, -0.2) is 0 Å². The van der Waals surface area contributed by atoms with Crippen molar-refractivity contribution in [3.8, 4) is 5.75 Å². The van der Waals surface area contributed by atoms with Crippen LogP contribution in [0.1, 0.15) is 43.6 Å². The molecular weight excluding hydrogens is 274 g/mol. The summed E-state index contributed by atoms with van der Waals surface area (Å²) in [5, 5.41) is 7.94. The van der Waals surface area contributed by atoms with E-state index in [0.29, 0.717) is 5.92 Å². The minimum absolute atomic E-state index is 0.283. The van der Waals surface area contributed by atoms with Crippen molar-refractivity contribution in [2.75, 3.05) is 6.61 Å². The first-order valence-corrected chi connectivity index (χ1v) is 7.91. The third-order valence-electron chi connectivity index (χ3n) is 3.64. The van der Waals surface area contributed by atoms with Gasteiger partial charge in [0.1, 0.15) is 5.75 Å². The highest BCUT2D eigenvalue weighted by Gasteiger charge is 2.11. The highest BCUT2D eigenvalue weighted by atomic mass is 16.5. The molecule has 1 unspecified atom stereocenters. The van der Waals surface area contributed by atoms with Crippen LogP contribution in [-0.4, -0.2) is 16.4 Å². The van der Waals surface area contributed by atoms with Crippen LogP contribution in [0.3, 0.4) is 0 Å². The van der Waals surface area contributed by atoms with Crippen LogP contribution in [0, 0.1) is 12.8 Å². The lowest BCUT2D eigenvalue weighted by molar-refractivity contribution is 0.271. The molecule has 22 heavy (non-hydrogen) atoms. The number of aromatic nitrogens is 2. The van der Waals surface area contributed by atoms with E-state index in [1.165, 1.54) is 11.1 Å². The van der Waals surface area contributed by atoms with Gasteiger partial charge in [-0.2, -0.15) is 5.10 Å². The normalized spacial score (nSPS) is 12.6. The lowest BCUT2D eigenvalue weighted by Gasteiger charge is -2.14. The van der Waals surface area contributed by atoms with Gasteiger partial charge in [-0.15, -0.1) is 0 Å². The minimum atomic E-state index is 0.283. The highest BCUT2D eigenvalue weighted by molar-refractivity contribution is 5.27. The smallest absolute Gasteiger partial charge is 0.119 e. The Hall–Kier alpha value is -1.81. The van der Waals surface area contributed by atoms with Gasteiger partial charge in [0.2, 0.25) is 0 Å². The molecule has 1 aromatic carbocycles. The van der Waals surface area contributed by atoms with Gasteiger partial charge in [-0.1, -0.05) is 26.0 Å². The van der Waals surface area contributed by atoms with E-state index in [0.717, 1.165) is 24.6 Å². The molecule has 0 saturated carbocycles. The van der Waals surface area contributed by atoms with Crippen LogP contribution in [0.2, 0.25) is 0 Å². The van der Waals surface area contributed by atoms with Gasteiger partial charge < -0.3 is 10.1 Å². The van der Waals surface area contributed by atoms with Crippen LogP contribution in [-0.2, 0) is 13.6 Å². The Morgan fingerprint density at radius 1 is 1.18 bits per heavy atom. The molecule has 0 aliphatic rings. The molecule has 0 saturated heterocycles. The third-order valence-corrected chi connectivity index (χ3v) is 3.64. The molecule has 0 bridgehead atoms. The predicted octanol–water partition coefficient (Wildman–Crippen LogP) is 3.61. The van der Waals surface area contributed by atoms with Gasteiger partial charge in [0.15, 0.2) is 0 Å². The van der Waals surface area contributed by atoms with Crippen molar-refractivity contribution in [1.29, 1.82) is 0 Å². The molecule has 1 N–H and O–H groups in total. The fourth-order valence-corrected chi connectivity index (χ4v) is 2.39. The number of hydrogen-bond acceptors (Lipinski definition) is 3. The van der Waals surface area contributed by atoms with Crippen LogP contribution in [0.4, 0.5) is 0 Å². The second-order valence-electron chi connectivity index (χ2n) is 6.29. The number of aryl methyl sites for hydroxylation is 2. The average Bonchev–Trinajstić information content (AvgIpc) is 2.82. The number of nitrogens with zero attached hydrogens (tertiary/aromatic N) is 2. The van der Waals surface area contributed by atoms with E-state index < -0.39 is 0 Å². The fourth-order valence-electron chi connectivity index (χ4n) is 2.39. The number of benzene rings is 1. The van der Waals surface area contributed by atoms with Gasteiger partial charge >= 0.3 is 0 Å². The van der Waals surface area contributed by atoms with Crippen LogP contribution in [0.5, 0.6) is 5.75 Å². The summed E-state index contributed by atoms with van der Waals surface area (Å²) in [4.78, 5) is 0. The zero-order valence-corrected chi connectivity index (χ0v) is 14.3. The summed E-state index contributed by atoms with van der Waals surface area (Å²) in [7, 11) is 1.96. The van der Waals surface area contributed by atoms with E-state index in [1.54, 1.807) is 0 Å². The minimum Gasteiger partial charge on any atom is -0.493 e. The molecule has 0 aliphatic carbocycles. The molecule has 0 amide bonds. The van der Waals surface area contributed by atoms with Crippen molar-refractivity contribution in [2.24, 2.45) is 13.0 Å². The van der Waals surface area contributed by atoms with Crippen molar-refractivity contribution in [3.05, 3.63) is 47.3 Å². The van der Waals surface area contributed by atoms with E-state index in [2.05, 4.69) is 49.5 Å². The average molecular weight is 301 g/mol. The molecule has 4 nitrogen and oxygen atoms in total. The summed E-state index contributed by atoms with van der Waals surface area (Å²) >= 11 is 0. The maximum atomic E-state index is 5.70. The summed E-state index contributed by atoms with van der Waals surface area (Å²) in [6, 6.07) is 8.60. The molecule has 1 heterocycles. The zero-order chi connectivity index (χ0) is 16.1. The zero-order valence-electron chi connectivity index (χ0n) is 14.3. The molecule has 0 fully saturated rings. The van der Waals surface area contributed by atoms with Gasteiger partial charge in [0.25, 0.3) is 0 Å². The molecule has 120 valence electrons. The monoisotopic (exact) mass is 301 g/mol. The highest BCUT2D eigenvalue weighted by Crippen LogP contribution is 2.17. The molecule has 1 atom stereocenters. The van der Waals surface area contributed by atoms with Crippen LogP contribution in [0.25, 0.3) is 0 Å². The van der Waals surface area contributed by atoms with Crippen LogP contribution >= 0.6 is 0 Å². The van der Waals surface area contributed by atoms with Crippen molar-refractivity contribution >= 4 is 0 Å². The van der Waals surface area contributed by atoms with Crippen molar-refractivity contribution in [3.63, 3.8) is 0 Å². The van der Waals surface area contributed by atoms with Gasteiger partial charge in [-0.05, 0) is 37.5 Å². The SMILES string of the molecule is Cc1nn(C)cc1C(C)NCc1ccc(OCC(C)C)cc1. The largest absolute Gasteiger partial charge is 0.493 e. The van der Waals surface area contributed by atoms with Gasteiger partial charge in [0.05, 0.1) is 12.3 Å². The maximum Gasteiger partial charge on any atom is 0.119 e. The lowest BCUT2D eigenvalue weighted by atomic mass is 10.1. The molecule has 2 rings (SSSR count). The van der Waals surface area contributed by atoms with Crippen LogP contribution < -0.4 is 10.1 Å². The molecule has 0 spiro atoms. The lowest BCUT2D eigenvalue weighted by Crippen LogP contribution is -2.18. The molecule has 1 aromatic heterocycles. The standard InChI is InChI=1S/C18H27N3O/c1-13(2)12-22-17-8-6-16(7-9-17)10-19-14(3)18-11-21(5)20-15(18)4/h6-9,11,13-14,19H,10,12H2,1-5H3. The Labute approximate surface area is 133 Å². The van der Waals surface area contributed by atoms with Gasteiger partial charge in [-0.3, -0.25) is 4.68 Å². The van der Waals surface area contributed by atoms with E-state index in [4.69, 9.17) is 4.74 Å². The van der Waals surface area contributed by atoms with E-state index in [9.17, 15) is 0 Å². The van der Waals surface area contributed by atoms with Crippen molar-refractivity contribution < 1.29 is 4.74 Å². The molecule has 4 heteroatoms. The summed E-state index contributed by atoms with van der Waals surface area (Å²) in [6.07, 6.45) is 2.08. The Morgan fingerprint density at radius 3 is 2.41 bits per heavy atom. The number of nitrogens with one attached hydrogen (secondary N) is 1. The van der Waals surface area contributed by atoms with E-state index in [1.807, 2.05) is 30.8 Å². The Bertz CT molecular complexity index is 587. The van der Waals surface area contributed by atoms with Crippen molar-refractivity contribution in [1.82, 2.24) is 15.1 Å². The molecule has 0 aliphatic heterocycles. The van der Waals surface area contributed by atoms with Crippen molar-refractivity contribution in [2.45, 2.75) is 40.3 Å². The Balaban J connectivity index is 1.87. The molecule has 2 aromatic rings. The summed E-state index contributed by atoms with van der Waals surface area (Å²) in [5.41, 5.74) is 3.59. The van der Waals surface area contributed by atoms with E-state index in [-0.39, 0.29) is 6.04 Å². The number of ether oxygens (including phenoxy) is 1. The third kappa shape index (κ3) is 4.60. The summed E-state index contributed by atoms with van der Waals surface area (Å²) < 4.78 is 7.57. The maximum absolute atomic E-state index is 5.70. The first kappa shape index (κ1) is 16.6. The quantitative estimate of drug-likeness (QED) is 0.849. The van der Waals surface area contributed by atoms with E-state index >= 15 is 0 Å². The second-order valence-corrected chi connectivity index (χ2v) is 6.29. The predicted molar refractivity (Wildman–Crippen MR) is 90.0 cm³/mol. The summed E-state index contributed by atoms with van der Waals surface area (Å²) in [5.74, 6) is 1.48. The fraction of sp³-hybridized carbons (Fsp3) is 0.500. The first-order chi connectivity index (χ1) is 10.5. The van der Waals surface area contributed by atoms with Gasteiger partial charge in [0, 0.05) is 31.4 Å². The first-order valence-electron chi connectivity index (χ1n) is 7.91. The number of rotatable bonds is 7. The number of hydrogen-bond donors (Lipinski definition) is 1. The second kappa shape index (κ2) is 7.45. The summed E-state index contributed by atoms with van der Waals surface area (Å²) in [6.45, 7) is 10.1. The Kier molecular flexibility index (Phi) is 5.61.